The molecule has 1 atom stereocenters. The van der Waals surface area contributed by atoms with Gasteiger partial charge in [0.25, 0.3) is 0 Å². The summed E-state index contributed by atoms with van der Waals surface area (Å²) in [7, 11) is 0. The highest BCUT2D eigenvalue weighted by molar-refractivity contribution is 9.09. The highest BCUT2D eigenvalue weighted by Crippen LogP contribution is 2.21. The van der Waals surface area contributed by atoms with Crippen molar-refractivity contribution < 1.29 is 4.79 Å². The van der Waals surface area contributed by atoms with Gasteiger partial charge in [-0.3, -0.25) is 4.79 Å². The van der Waals surface area contributed by atoms with Crippen molar-refractivity contribution in [2.24, 2.45) is 0 Å². The van der Waals surface area contributed by atoms with Crippen LogP contribution in [0.3, 0.4) is 0 Å². The van der Waals surface area contributed by atoms with E-state index < -0.39 is 0 Å². The standard InChI is InChI=1S/C6H10BrNO/c1-5(9)8-4-2-3-6(8)7/h6H,2-4H2,1H3. The number of likely N-dealkylation sites (tertiary alicyclic amines) is 1. The van der Waals surface area contributed by atoms with Crippen LogP contribution in [0.5, 0.6) is 0 Å². The molecule has 0 radical (unpaired) electrons. The second-order valence-electron chi connectivity index (χ2n) is 2.29. The lowest BCUT2D eigenvalue weighted by atomic mass is 10.4. The van der Waals surface area contributed by atoms with Crippen LogP contribution in [-0.4, -0.2) is 22.3 Å². The molecule has 0 N–H and O–H groups in total. The number of carbonyl (C=O) groups is 1. The van der Waals surface area contributed by atoms with Crippen LogP contribution in [0.1, 0.15) is 19.8 Å². The van der Waals surface area contributed by atoms with E-state index in [1.54, 1.807) is 6.92 Å². The summed E-state index contributed by atoms with van der Waals surface area (Å²) in [4.78, 5) is 12.9. The van der Waals surface area contributed by atoms with E-state index in [9.17, 15) is 4.79 Å². The van der Waals surface area contributed by atoms with Crippen molar-refractivity contribution in [3.8, 4) is 0 Å². The molecule has 0 bridgehead atoms. The quantitative estimate of drug-likeness (QED) is 0.419. The number of hydrogen-bond donors (Lipinski definition) is 0. The Morgan fingerprint density at radius 2 is 2.44 bits per heavy atom. The first-order chi connectivity index (χ1) is 4.22. The molecule has 1 unspecified atom stereocenters. The van der Waals surface area contributed by atoms with Gasteiger partial charge in [-0.1, -0.05) is 15.9 Å². The van der Waals surface area contributed by atoms with Crippen molar-refractivity contribution in [2.75, 3.05) is 6.54 Å². The molecule has 1 amide bonds. The van der Waals surface area contributed by atoms with Crippen LogP contribution in [0.2, 0.25) is 0 Å². The summed E-state index contributed by atoms with van der Waals surface area (Å²) in [5.41, 5.74) is 0. The van der Waals surface area contributed by atoms with E-state index in [0.717, 1.165) is 19.4 Å². The van der Waals surface area contributed by atoms with Gasteiger partial charge in [0.1, 0.15) is 0 Å². The maximum atomic E-state index is 10.8. The van der Waals surface area contributed by atoms with E-state index in [2.05, 4.69) is 15.9 Å². The Balaban J connectivity index is 2.49. The third kappa shape index (κ3) is 1.45. The van der Waals surface area contributed by atoms with Gasteiger partial charge in [0.2, 0.25) is 5.91 Å². The van der Waals surface area contributed by atoms with Gasteiger partial charge < -0.3 is 4.90 Å². The summed E-state index contributed by atoms with van der Waals surface area (Å²) in [5, 5.41) is 0. The van der Waals surface area contributed by atoms with Gasteiger partial charge in [0.15, 0.2) is 0 Å². The van der Waals surface area contributed by atoms with Crippen molar-refractivity contribution in [2.45, 2.75) is 24.7 Å². The molecule has 1 rings (SSSR count). The molecular formula is C6H10BrNO. The Morgan fingerprint density at radius 1 is 1.78 bits per heavy atom. The molecule has 1 aliphatic rings. The zero-order valence-corrected chi connectivity index (χ0v) is 7.02. The van der Waals surface area contributed by atoms with Crippen LogP contribution in [0.25, 0.3) is 0 Å². The normalized spacial score (nSPS) is 26.9. The van der Waals surface area contributed by atoms with Gasteiger partial charge in [-0.2, -0.15) is 0 Å². The third-order valence-electron chi connectivity index (χ3n) is 1.58. The van der Waals surface area contributed by atoms with Gasteiger partial charge >= 0.3 is 0 Å². The molecule has 0 spiro atoms. The summed E-state index contributed by atoms with van der Waals surface area (Å²) in [6.45, 7) is 2.53. The monoisotopic (exact) mass is 191 g/mol. The first kappa shape index (κ1) is 7.06. The lowest BCUT2D eigenvalue weighted by molar-refractivity contribution is -0.128. The second kappa shape index (κ2) is 2.69. The molecular weight excluding hydrogens is 182 g/mol. The van der Waals surface area contributed by atoms with Crippen molar-refractivity contribution >= 4 is 21.8 Å². The Hall–Kier alpha value is -0.0500. The maximum absolute atomic E-state index is 10.8. The number of carbonyl (C=O) groups excluding carboxylic acids is 1. The van der Waals surface area contributed by atoms with E-state index in [1.807, 2.05) is 4.90 Å². The highest BCUT2D eigenvalue weighted by Gasteiger charge is 2.22. The van der Waals surface area contributed by atoms with Crippen LogP contribution >= 0.6 is 15.9 Å². The fourth-order valence-electron chi connectivity index (χ4n) is 1.08. The van der Waals surface area contributed by atoms with Crippen LogP contribution in [0.15, 0.2) is 0 Å². The van der Waals surface area contributed by atoms with E-state index >= 15 is 0 Å². The molecule has 2 nitrogen and oxygen atoms in total. The van der Waals surface area contributed by atoms with E-state index in [0.29, 0.717) is 4.95 Å². The number of hydrogen-bond acceptors (Lipinski definition) is 1. The van der Waals surface area contributed by atoms with Crippen molar-refractivity contribution in [3.63, 3.8) is 0 Å². The molecule has 1 heterocycles. The zero-order chi connectivity index (χ0) is 6.85. The fraction of sp³-hybridized carbons (Fsp3) is 0.833. The topological polar surface area (TPSA) is 20.3 Å². The molecule has 1 saturated heterocycles. The number of nitrogens with zero attached hydrogens (tertiary/aromatic N) is 1. The molecule has 0 aliphatic carbocycles. The maximum Gasteiger partial charge on any atom is 0.220 e. The van der Waals surface area contributed by atoms with Gasteiger partial charge in [0.05, 0.1) is 4.95 Å². The minimum atomic E-state index is 0.175. The first-order valence-electron chi connectivity index (χ1n) is 3.13. The van der Waals surface area contributed by atoms with Crippen molar-refractivity contribution in [1.82, 2.24) is 4.90 Å². The molecule has 9 heavy (non-hydrogen) atoms. The summed E-state index contributed by atoms with van der Waals surface area (Å²) in [6, 6.07) is 0. The van der Waals surface area contributed by atoms with Crippen molar-refractivity contribution in [3.05, 3.63) is 0 Å². The molecule has 1 fully saturated rings. The number of halogens is 1. The SMILES string of the molecule is CC(=O)N1CCCC1Br. The smallest absolute Gasteiger partial charge is 0.220 e. The Bertz CT molecular complexity index is 126. The average Bonchev–Trinajstić information content (AvgIpc) is 2.13. The molecule has 0 aromatic carbocycles. The zero-order valence-electron chi connectivity index (χ0n) is 5.43. The molecule has 0 saturated carbocycles. The number of rotatable bonds is 0. The molecule has 1 aliphatic heterocycles. The summed E-state index contributed by atoms with van der Waals surface area (Å²) < 4.78 is 0. The predicted molar refractivity (Wildman–Crippen MR) is 39.3 cm³/mol. The Morgan fingerprint density at radius 3 is 2.67 bits per heavy atom. The van der Waals surface area contributed by atoms with E-state index in [1.165, 1.54) is 0 Å². The molecule has 0 aromatic rings. The summed E-state index contributed by atoms with van der Waals surface area (Å²) in [5.74, 6) is 0.175. The summed E-state index contributed by atoms with van der Waals surface area (Å²) in [6.07, 6.45) is 2.23. The minimum absolute atomic E-state index is 0.175. The van der Waals surface area contributed by atoms with Crippen molar-refractivity contribution in [1.29, 1.82) is 0 Å². The van der Waals surface area contributed by atoms with Gasteiger partial charge in [-0.05, 0) is 12.8 Å². The minimum Gasteiger partial charge on any atom is -0.330 e. The predicted octanol–water partition coefficient (Wildman–Crippen LogP) is 1.35. The average molecular weight is 192 g/mol. The first-order valence-corrected chi connectivity index (χ1v) is 4.04. The molecule has 0 aromatic heterocycles. The number of alkyl halides is 1. The third-order valence-corrected chi connectivity index (χ3v) is 2.54. The highest BCUT2D eigenvalue weighted by atomic mass is 79.9. The fourth-order valence-corrected chi connectivity index (χ4v) is 1.90. The van der Waals surface area contributed by atoms with E-state index in [4.69, 9.17) is 0 Å². The molecule has 52 valence electrons. The van der Waals surface area contributed by atoms with E-state index in [-0.39, 0.29) is 5.91 Å². The number of amides is 1. The van der Waals surface area contributed by atoms with Gasteiger partial charge in [-0.25, -0.2) is 0 Å². The summed E-state index contributed by atoms with van der Waals surface area (Å²) >= 11 is 3.41. The lowest BCUT2D eigenvalue weighted by Crippen LogP contribution is -2.29. The largest absolute Gasteiger partial charge is 0.330 e. The van der Waals surface area contributed by atoms with Crippen LogP contribution < -0.4 is 0 Å². The van der Waals surface area contributed by atoms with Gasteiger partial charge in [0, 0.05) is 13.5 Å². The Kier molecular flexibility index (Phi) is 2.11. The lowest BCUT2D eigenvalue weighted by Gasteiger charge is -2.16. The van der Waals surface area contributed by atoms with Gasteiger partial charge in [-0.15, -0.1) is 0 Å². The van der Waals surface area contributed by atoms with Crippen LogP contribution in [0.4, 0.5) is 0 Å². The van der Waals surface area contributed by atoms with Crippen LogP contribution in [0, 0.1) is 0 Å². The van der Waals surface area contributed by atoms with Crippen LogP contribution in [-0.2, 0) is 4.79 Å². The second-order valence-corrected chi connectivity index (χ2v) is 3.35. The Labute approximate surface area is 63.3 Å². The molecule has 3 heteroatoms.